The summed E-state index contributed by atoms with van der Waals surface area (Å²) in [5.74, 6) is -0.0111. The van der Waals surface area contributed by atoms with Crippen LogP contribution in [0.4, 0.5) is 4.39 Å². The van der Waals surface area contributed by atoms with Crippen molar-refractivity contribution >= 4 is 18.0 Å². The number of carbonyl (C=O) groups is 2. The highest BCUT2D eigenvalue weighted by molar-refractivity contribution is 5.93. The number of nitrogens with zero attached hydrogens (tertiary/aromatic N) is 1. The summed E-state index contributed by atoms with van der Waals surface area (Å²) in [6.45, 7) is -0.614. The molecule has 0 fully saturated rings. The maximum atomic E-state index is 13.3. The number of hydrogen-bond acceptors (Lipinski definition) is 2. The fourth-order valence-electron chi connectivity index (χ4n) is 1.36. The second kappa shape index (κ2) is 6.97. The summed E-state index contributed by atoms with van der Waals surface area (Å²) in [7, 11) is 0. The van der Waals surface area contributed by atoms with Gasteiger partial charge in [-0.1, -0.05) is 24.1 Å². The van der Waals surface area contributed by atoms with Crippen molar-refractivity contribution in [3.63, 3.8) is 0 Å². The Hall–Kier alpha value is -2.61. The van der Waals surface area contributed by atoms with Gasteiger partial charge >= 0.3 is 5.97 Å². The van der Waals surface area contributed by atoms with Gasteiger partial charge in [-0.05, 0) is 12.1 Å². The zero-order valence-electron chi connectivity index (χ0n) is 10.0. The predicted octanol–water partition coefficient (Wildman–Crippen LogP) is 1.39. The highest BCUT2D eigenvalue weighted by atomic mass is 19.1. The number of halogens is 1. The highest BCUT2D eigenvalue weighted by Crippen LogP contribution is 2.08. The van der Waals surface area contributed by atoms with E-state index < -0.39 is 24.2 Å². The van der Waals surface area contributed by atoms with E-state index in [4.69, 9.17) is 11.5 Å². The Morgan fingerprint density at radius 1 is 1.42 bits per heavy atom. The van der Waals surface area contributed by atoms with E-state index in [-0.39, 0.29) is 12.1 Å². The van der Waals surface area contributed by atoms with Gasteiger partial charge in [-0.2, -0.15) is 0 Å². The molecule has 0 aliphatic carbocycles. The Kier molecular flexibility index (Phi) is 5.30. The molecule has 0 aliphatic rings. The molecule has 0 saturated carbocycles. The first kappa shape index (κ1) is 14.5. The zero-order valence-corrected chi connectivity index (χ0v) is 10.0. The maximum absolute atomic E-state index is 13.3. The zero-order chi connectivity index (χ0) is 14.3. The van der Waals surface area contributed by atoms with Gasteiger partial charge in [0, 0.05) is 11.6 Å². The quantitative estimate of drug-likeness (QED) is 0.643. The van der Waals surface area contributed by atoms with E-state index in [1.165, 1.54) is 24.3 Å². The van der Waals surface area contributed by atoms with Crippen LogP contribution in [0.3, 0.4) is 0 Å². The van der Waals surface area contributed by atoms with Gasteiger partial charge in [-0.3, -0.25) is 9.59 Å². The summed E-state index contributed by atoms with van der Waals surface area (Å²) in [6, 6.07) is 5.93. The molecule has 0 aliphatic heterocycles. The van der Waals surface area contributed by atoms with E-state index >= 15 is 0 Å². The van der Waals surface area contributed by atoms with Gasteiger partial charge in [0.1, 0.15) is 12.4 Å². The molecule has 0 aromatic heterocycles. The number of carboxylic acid groups (broad SMARTS) is 1. The number of benzene rings is 1. The van der Waals surface area contributed by atoms with E-state index in [9.17, 15) is 14.0 Å². The number of rotatable bonds is 5. The van der Waals surface area contributed by atoms with Gasteiger partial charge in [0.15, 0.2) is 0 Å². The Labute approximate surface area is 110 Å². The molecule has 0 saturated heterocycles. The third-order valence-corrected chi connectivity index (χ3v) is 2.23. The topological polar surface area (TPSA) is 57.6 Å². The first-order chi connectivity index (χ1) is 9.04. The van der Waals surface area contributed by atoms with Crippen molar-refractivity contribution in [2.45, 2.75) is 0 Å². The minimum atomic E-state index is -1.16. The Balaban J connectivity index is 2.79. The van der Waals surface area contributed by atoms with Crippen LogP contribution >= 0.6 is 0 Å². The summed E-state index contributed by atoms with van der Waals surface area (Å²) < 4.78 is 13.3. The van der Waals surface area contributed by atoms with Gasteiger partial charge in [-0.25, -0.2) is 4.39 Å². The molecule has 1 N–H and O–H groups in total. The average Bonchev–Trinajstić information content (AvgIpc) is 2.36. The molecule has 19 heavy (non-hydrogen) atoms. The third-order valence-electron chi connectivity index (χ3n) is 2.23. The lowest BCUT2D eigenvalue weighted by Crippen LogP contribution is -2.34. The van der Waals surface area contributed by atoms with Gasteiger partial charge in [0.2, 0.25) is 5.91 Å². The molecule has 1 rings (SSSR count). The van der Waals surface area contributed by atoms with Gasteiger partial charge < -0.3 is 10.0 Å². The summed E-state index contributed by atoms with van der Waals surface area (Å²) in [5.41, 5.74) is 0.242. The molecule has 0 bridgehead atoms. The van der Waals surface area contributed by atoms with Crippen molar-refractivity contribution in [2.24, 2.45) is 0 Å². The number of carboxylic acids is 1. The van der Waals surface area contributed by atoms with Crippen molar-refractivity contribution in [3.8, 4) is 12.3 Å². The van der Waals surface area contributed by atoms with Crippen molar-refractivity contribution in [1.29, 1.82) is 0 Å². The van der Waals surface area contributed by atoms with Crippen LogP contribution in [-0.2, 0) is 9.59 Å². The van der Waals surface area contributed by atoms with Crippen molar-refractivity contribution in [2.75, 3.05) is 13.1 Å². The lowest BCUT2D eigenvalue weighted by atomic mass is 10.2. The summed E-state index contributed by atoms with van der Waals surface area (Å²) in [6.07, 6.45) is 7.43. The first-order valence-corrected chi connectivity index (χ1v) is 5.41. The van der Waals surface area contributed by atoms with Crippen LogP contribution in [0.15, 0.2) is 30.3 Å². The summed E-state index contributed by atoms with van der Waals surface area (Å²) in [4.78, 5) is 23.3. The molecule has 4 nitrogen and oxygen atoms in total. The Bertz CT molecular complexity index is 546. The molecule has 0 heterocycles. The maximum Gasteiger partial charge on any atom is 0.323 e. The van der Waals surface area contributed by atoms with E-state index in [0.717, 1.165) is 11.0 Å². The average molecular weight is 261 g/mol. The van der Waals surface area contributed by atoms with E-state index in [0.29, 0.717) is 0 Å². The lowest BCUT2D eigenvalue weighted by molar-refractivity contribution is -0.142. The minimum Gasteiger partial charge on any atom is -0.480 e. The van der Waals surface area contributed by atoms with Crippen molar-refractivity contribution in [3.05, 3.63) is 41.7 Å². The second-order valence-corrected chi connectivity index (χ2v) is 3.65. The number of amides is 1. The number of terminal acetylenes is 1. The third kappa shape index (κ3) is 4.64. The molecule has 1 aromatic rings. The van der Waals surface area contributed by atoms with Crippen LogP contribution in [0.5, 0.6) is 0 Å². The normalized spacial score (nSPS) is 10.1. The standard InChI is InChI=1S/C14H12FNO3/c1-2-9-16(10-14(18)19)13(17)8-7-11-5-3-4-6-12(11)15/h1,3-8H,9-10H2,(H,18,19). The number of carbonyl (C=O) groups excluding carboxylic acids is 1. The van der Waals surface area contributed by atoms with Gasteiger partial charge in [-0.15, -0.1) is 6.42 Å². The molecule has 5 heteroatoms. The Morgan fingerprint density at radius 3 is 2.68 bits per heavy atom. The molecular formula is C14H12FNO3. The molecule has 1 amide bonds. The lowest BCUT2D eigenvalue weighted by Gasteiger charge is -2.15. The van der Waals surface area contributed by atoms with Crippen LogP contribution in [-0.4, -0.2) is 35.0 Å². The monoisotopic (exact) mass is 261 g/mol. The number of hydrogen-bond donors (Lipinski definition) is 1. The predicted molar refractivity (Wildman–Crippen MR) is 68.5 cm³/mol. The number of aliphatic carboxylic acids is 1. The Morgan fingerprint density at radius 2 is 2.11 bits per heavy atom. The molecule has 98 valence electrons. The molecular weight excluding hydrogens is 249 g/mol. The van der Waals surface area contributed by atoms with Gasteiger partial charge in [0.05, 0.1) is 6.54 Å². The SMILES string of the molecule is C#CCN(CC(=O)O)C(=O)C=Cc1ccccc1F. The fraction of sp³-hybridized carbons (Fsp3) is 0.143. The fourth-order valence-corrected chi connectivity index (χ4v) is 1.36. The second-order valence-electron chi connectivity index (χ2n) is 3.65. The van der Waals surface area contributed by atoms with E-state index in [2.05, 4.69) is 5.92 Å². The summed E-state index contributed by atoms with van der Waals surface area (Å²) >= 11 is 0. The summed E-state index contributed by atoms with van der Waals surface area (Å²) in [5, 5.41) is 8.64. The van der Waals surface area contributed by atoms with E-state index in [1.54, 1.807) is 6.07 Å². The molecule has 0 atom stereocenters. The highest BCUT2D eigenvalue weighted by Gasteiger charge is 2.13. The van der Waals surface area contributed by atoms with Crippen molar-refractivity contribution < 1.29 is 19.1 Å². The minimum absolute atomic E-state index is 0.118. The van der Waals surface area contributed by atoms with Crippen LogP contribution < -0.4 is 0 Å². The van der Waals surface area contributed by atoms with Crippen LogP contribution in [0.1, 0.15) is 5.56 Å². The van der Waals surface area contributed by atoms with Gasteiger partial charge in [0.25, 0.3) is 0 Å². The van der Waals surface area contributed by atoms with Crippen LogP contribution in [0.25, 0.3) is 6.08 Å². The largest absolute Gasteiger partial charge is 0.480 e. The molecule has 0 spiro atoms. The molecule has 1 aromatic carbocycles. The van der Waals surface area contributed by atoms with Crippen molar-refractivity contribution in [1.82, 2.24) is 4.90 Å². The molecule has 0 radical (unpaired) electrons. The first-order valence-electron chi connectivity index (χ1n) is 5.41. The van der Waals surface area contributed by atoms with Crippen LogP contribution in [0, 0.1) is 18.2 Å². The molecule has 0 unspecified atom stereocenters. The smallest absolute Gasteiger partial charge is 0.323 e. The van der Waals surface area contributed by atoms with E-state index in [1.807, 2.05) is 0 Å². The van der Waals surface area contributed by atoms with Crippen LogP contribution in [0.2, 0.25) is 0 Å².